The number of aryl methyl sites for hydroxylation is 2. The molecular formula is C25H28N6O2. The highest BCUT2D eigenvalue weighted by molar-refractivity contribution is 5.95. The Hall–Kier alpha value is -3.52. The second-order valence-electron chi connectivity index (χ2n) is 8.75. The Kier molecular flexibility index (Phi) is 5.68. The van der Waals surface area contributed by atoms with Gasteiger partial charge in [0.2, 0.25) is 0 Å². The van der Waals surface area contributed by atoms with E-state index in [4.69, 9.17) is 4.74 Å². The molecule has 5 heterocycles. The second kappa shape index (κ2) is 8.78. The van der Waals surface area contributed by atoms with Crippen LogP contribution in [-0.2, 0) is 25.3 Å². The summed E-state index contributed by atoms with van der Waals surface area (Å²) >= 11 is 0. The molecular weight excluding hydrogens is 416 g/mol. The van der Waals surface area contributed by atoms with Crippen molar-refractivity contribution in [1.29, 1.82) is 0 Å². The van der Waals surface area contributed by atoms with Gasteiger partial charge in [-0.1, -0.05) is 6.07 Å². The summed E-state index contributed by atoms with van der Waals surface area (Å²) in [6.07, 6.45) is 8.48. The Morgan fingerprint density at radius 2 is 2.09 bits per heavy atom. The lowest BCUT2D eigenvalue weighted by Crippen LogP contribution is -2.41. The molecule has 2 atom stereocenters. The molecule has 0 saturated carbocycles. The Morgan fingerprint density at radius 1 is 1.21 bits per heavy atom. The van der Waals surface area contributed by atoms with Crippen molar-refractivity contribution < 1.29 is 9.53 Å². The minimum atomic E-state index is -0.175. The first-order valence-corrected chi connectivity index (χ1v) is 11.3. The SMILES string of the molecule is CC(NC(=O)c1cc(Cc2ccc(-c3ccn(C)n3)nc2)c2ccn(C)c2n1)C1CCCO1. The molecule has 5 rings (SSSR count). The van der Waals surface area contributed by atoms with Gasteiger partial charge in [-0.2, -0.15) is 5.10 Å². The number of aromatic nitrogens is 5. The van der Waals surface area contributed by atoms with Gasteiger partial charge in [-0.15, -0.1) is 0 Å². The number of ether oxygens (including phenoxy) is 1. The maximum absolute atomic E-state index is 13.0. The summed E-state index contributed by atoms with van der Waals surface area (Å²) in [6, 6.07) is 9.87. The van der Waals surface area contributed by atoms with Crippen LogP contribution in [0, 0.1) is 0 Å². The summed E-state index contributed by atoms with van der Waals surface area (Å²) in [6.45, 7) is 2.75. The number of carbonyl (C=O) groups is 1. The number of fused-ring (bicyclic) bond motifs is 1. The molecule has 1 fully saturated rings. The van der Waals surface area contributed by atoms with Crippen LogP contribution in [0.15, 0.2) is 48.9 Å². The van der Waals surface area contributed by atoms with Crippen LogP contribution in [0.4, 0.5) is 0 Å². The third-order valence-electron chi connectivity index (χ3n) is 6.23. The van der Waals surface area contributed by atoms with Crippen molar-refractivity contribution in [2.45, 2.75) is 38.3 Å². The lowest BCUT2D eigenvalue weighted by molar-refractivity contribution is 0.0709. The third kappa shape index (κ3) is 4.39. The van der Waals surface area contributed by atoms with E-state index in [0.717, 1.165) is 53.0 Å². The highest BCUT2D eigenvalue weighted by Gasteiger charge is 2.25. The van der Waals surface area contributed by atoms with E-state index in [2.05, 4.69) is 26.4 Å². The Morgan fingerprint density at radius 3 is 2.79 bits per heavy atom. The molecule has 8 heteroatoms. The van der Waals surface area contributed by atoms with Crippen LogP contribution >= 0.6 is 0 Å². The van der Waals surface area contributed by atoms with Crippen LogP contribution < -0.4 is 5.32 Å². The first kappa shape index (κ1) is 21.3. The number of hydrogen-bond donors (Lipinski definition) is 1. The number of amides is 1. The Labute approximate surface area is 192 Å². The Bertz CT molecular complexity index is 1280. The number of hydrogen-bond acceptors (Lipinski definition) is 5. The van der Waals surface area contributed by atoms with Gasteiger partial charge in [-0.3, -0.25) is 14.5 Å². The highest BCUT2D eigenvalue weighted by Crippen LogP contribution is 2.24. The van der Waals surface area contributed by atoms with Gasteiger partial charge in [0.05, 0.1) is 17.8 Å². The molecule has 4 aromatic heterocycles. The van der Waals surface area contributed by atoms with E-state index in [1.54, 1.807) is 4.68 Å². The van der Waals surface area contributed by atoms with Crippen LogP contribution in [0.3, 0.4) is 0 Å². The molecule has 1 N–H and O–H groups in total. The number of rotatable bonds is 6. The summed E-state index contributed by atoms with van der Waals surface area (Å²) in [4.78, 5) is 22.3. The van der Waals surface area contributed by atoms with Crippen LogP contribution in [0.25, 0.3) is 22.4 Å². The molecule has 0 aliphatic carbocycles. The van der Waals surface area contributed by atoms with Gasteiger partial charge in [0, 0.05) is 44.7 Å². The first-order valence-electron chi connectivity index (χ1n) is 11.3. The molecule has 0 aromatic carbocycles. The number of nitrogens with zero attached hydrogens (tertiary/aromatic N) is 5. The van der Waals surface area contributed by atoms with Gasteiger partial charge in [0.25, 0.3) is 5.91 Å². The molecule has 2 unspecified atom stereocenters. The fraction of sp³-hybridized carbons (Fsp3) is 0.360. The first-order chi connectivity index (χ1) is 16.0. The summed E-state index contributed by atoms with van der Waals surface area (Å²) in [5, 5.41) is 8.52. The molecule has 0 radical (unpaired) electrons. The van der Waals surface area contributed by atoms with E-state index < -0.39 is 0 Å². The predicted molar refractivity (Wildman–Crippen MR) is 126 cm³/mol. The zero-order valence-electron chi connectivity index (χ0n) is 19.2. The fourth-order valence-corrected chi connectivity index (χ4v) is 4.39. The normalized spacial score (nSPS) is 16.9. The molecule has 0 spiro atoms. The molecule has 1 amide bonds. The van der Waals surface area contributed by atoms with Crippen molar-refractivity contribution >= 4 is 16.9 Å². The summed E-state index contributed by atoms with van der Waals surface area (Å²) < 4.78 is 9.43. The third-order valence-corrected chi connectivity index (χ3v) is 6.23. The van der Waals surface area contributed by atoms with E-state index >= 15 is 0 Å². The number of nitrogens with one attached hydrogen (secondary N) is 1. The van der Waals surface area contributed by atoms with Gasteiger partial charge >= 0.3 is 0 Å². The lowest BCUT2D eigenvalue weighted by atomic mass is 10.0. The zero-order valence-corrected chi connectivity index (χ0v) is 19.2. The maximum Gasteiger partial charge on any atom is 0.270 e. The van der Waals surface area contributed by atoms with Crippen LogP contribution in [0.5, 0.6) is 0 Å². The number of carbonyl (C=O) groups excluding carboxylic acids is 1. The number of pyridine rings is 2. The standard InChI is InChI=1S/C25H28N6O2/c1-16(23-5-4-12-33-23)27-25(32)22-14-18(19-8-10-30(2)24(19)28-22)13-17-6-7-20(26-15-17)21-9-11-31(3)29-21/h6-11,14-16,23H,4-5,12-13H2,1-3H3,(H,27,32). The van der Waals surface area contributed by atoms with E-state index in [1.165, 1.54) is 0 Å². The molecule has 1 aliphatic rings. The average Bonchev–Trinajstić information content (AvgIpc) is 3.56. The average molecular weight is 445 g/mol. The lowest BCUT2D eigenvalue weighted by Gasteiger charge is -2.20. The minimum Gasteiger partial charge on any atom is -0.376 e. The highest BCUT2D eigenvalue weighted by atomic mass is 16.5. The minimum absolute atomic E-state index is 0.0577. The van der Waals surface area contributed by atoms with Gasteiger partial charge in [-0.05, 0) is 61.6 Å². The quantitative estimate of drug-likeness (QED) is 0.493. The largest absolute Gasteiger partial charge is 0.376 e. The van der Waals surface area contributed by atoms with Gasteiger partial charge in [0.1, 0.15) is 17.0 Å². The van der Waals surface area contributed by atoms with Gasteiger partial charge in [-0.25, -0.2) is 4.98 Å². The molecule has 0 bridgehead atoms. The van der Waals surface area contributed by atoms with E-state index in [9.17, 15) is 4.79 Å². The maximum atomic E-state index is 13.0. The molecule has 1 aliphatic heterocycles. The molecule has 4 aromatic rings. The van der Waals surface area contributed by atoms with Crippen molar-refractivity contribution in [3.05, 3.63) is 65.7 Å². The molecule has 8 nitrogen and oxygen atoms in total. The molecule has 33 heavy (non-hydrogen) atoms. The summed E-state index contributed by atoms with van der Waals surface area (Å²) in [5.74, 6) is -0.175. The van der Waals surface area contributed by atoms with Gasteiger partial charge in [0.15, 0.2) is 0 Å². The van der Waals surface area contributed by atoms with Crippen molar-refractivity contribution in [3.8, 4) is 11.4 Å². The molecule has 1 saturated heterocycles. The Balaban J connectivity index is 1.41. The van der Waals surface area contributed by atoms with E-state index in [1.807, 2.05) is 68.4 Å². The van der Waals surface area contributed by atoms with E-state index in [-0.39, 0.29) is 18.1 Å². The topological polar surface area (TPSA) is 86.9 Å². The predicted octanol–water partition coefficient (Wildman–Crippen LogP) is 3.26. The van der Waals surface area contributed by atoms with Crippen molar-refractivity contribution in [1.82, 2.24) is 29.6 Å². The zero-order chi connectivity index (χ0) is 22.9. The van der Waals surface area contributed by atoms with Crippen LogP contribution in [0.1, 0.15) is 41.4 Å². The van der Waals surface area contributed by atoms with Crippen molar-refractivity contribution in [3.63, 3.8) is 0 Å². The second-order valence-corrected chi connectivity index (χ2v) is 8.75. The summed E-state index contributed by atoms with van der Waals surface area (Å²) in [7, 11) is 3.83. The van der Waals surface area contributed by atoms with Gasteiger partial charge < -0.3 is 14.6 Å². The summed E-state index contributed by atoms with van der Waals surface area (Å²) in [5.41, 5.74) is 5.00. The smallest absolute Gasteiger partial charge is 0.270 e. The molecule has 170 valence electrons. The van der Waals surface area contributed by atoms with Crippen molar-refractivity contribution in [2.75, 3.05) is 6.61 Å². The fourth-order valence-electron chi connectivity index (χ4n) is 4.39. The van der Waals surface area contributed by atoms with Crippen LogP contribution in [-0.4, -0.2) is 49.0 Å². The van der Waals surface area contributed by atoms with Crippen LogP contribution in [0.2, 0.25) is 0 Å². The monoisotopic (exact) mass is 444 g/mol. The van der Waals surface area contributed by atoms with Crippen molar-refractivity contribution in [2.24, 2.45) is 14.1 Å². The van der Waals surface area contributed by atoms with E-state index in [0.29, 0.717) is 12.1 Å².